The summed E-state index contributed by atoms with van der Waals surface area (Å²) in [6, 6.07) is 15.4. The van der Waals surface area contributed by atoms with E-state index in [4.69, 9.17) is 6.42 Å². The Morgan fingerprint density at radius 1 is 1.14 bits per heavy atom. The highest BCUT2D eigenvalue weighted by atomic mass is 15.0. The Labute approximate surface area is 125 Å². The van der Waals surface area contributed by atoms with Gasteiger partial charge in [-0.15, -0.1) is 6.42 Å². The van der Waals surface area contributed by atoms with E-state index < -0.39 is 0 Å². The molecule has 0 fully saturated rings. The number of nitrogens with one attached hydrogen (secondary N) is 1. The van der Waals surface area contributed by atoms with Crippen LogP contribution in [0.4, 0.5) is 0 Å². The van der Waals surface area contributed by atoms with Crippen LogP contribution in [-0.4, -0.2) is 10.6 Å². The zero-order valence-corrected chi connectivity index (χ0v) is 12.6. The molecular formula is C19H20N2. The molecule has 1 heterocycles. The van der Waals surface area contributed by atoms with E-state index in [9.17, 15) is 0 Å². The van der Waals surface area contributed by atoms with Crippen LogP contribution >= 0.6 is 0 Å². The van der Waals surface area contributed by atoms with Crippen molar-refractivity contribution in [1.82, 2.24) is 9.88 Å². The maximum atomic E-state index is 5.41. The van der Waals surface area contributed by atoms with Crippen LogP contribution in [0.15, 0.2) is 42.5 Å². The van der Waals surface area contributed by atoms with Gasteiger partial charge in [0.15, 0.2) is 0 Å². The van der Waals surface area contributed by atoms with Gasteiger partial charge in [0.05, 0.1) is 6.04 Å². The summed E-state index contributed by atoms with van der Waals surface area (Å²) in [5.41, 5.74) is 3.87. The zero-order chi connectivity index (χ0) is 14.8. The second-order valence-electron chi connectivity index (χ2n) is 5.38. The molecule has 2 nitrogen and oxygen atoms in total. The van der Waals surface area contributed by atoms with Crippen LogP contribution in [0.3, 0.4) is 0 Å². The maximum absolute atomic E-state index is 5.41. The molecule has 3 aromatic rings. The molecule has 2 aromatic carbocycles. The van der Waals surface area contributed by atoms with Crippen LogP contribution in [0, 0.1) is 12.3 Å². The Morgan fingerprint density at radius 3 is 2.67 bits per heavy atom. The van der Waals surface area contributed by atoms with Crippen molar-refractivity contribution in [3.8, 4) is 12.3 Å². The molecule has 0 aliphatic rings. The van der Waals surface area contributed by atoms with Crippen molar-refractivity contribution >= 4 is 21.8 Å². The molecule has 1 N–H and O–H groups in total. The molecule has 0 amide bonds. The molecule has 1 atom stereocenters. The number of para-hydroxylation sites is 1. The summed E-state index contributed by atoms with van der Waals surface area (Å²) in [6.07, 6.45) is 5.41. The van der Waals surface area contributed by atoms with Crippen LogP contribution < -0.4 is 5.32 Å². The van der Waals surface area contributed by atoms with E-state index in [0.717, 1.165) is 13.1 Å². The van der Waals surface area contributed by atoms with Gasteiger partial charge in [-0.2, -0.15) is 0 Å². The van der Waals surface area contributed by atoms with Crippen LogP contribution in [0.5, 0.6) is 0 Å². The summed E-state index contributed by atoms with van der Waals surface area (Å²) >= 11 is 0. The van der Waals surface area contributed by atoms with Gasteiger partial charge in [0, 0.05) is 34.9 Å². The fraction of sp³-hybridized carbons (Fsp3) is 0.263. The molecule has 106 valence electrons. The van der Waals surface area contributed by atoms with E-state index in [2.05, 4.69) is 65.2 Å². The number of fused-ring (bicyclic) bond motifs is 3. The molecule has 0 bridgehead atoms. The molecular weight excluding hydrogens is 256 g/mol. The van der Waals surface area contributed by atoms with E-state index in [-0.39, 0.29) is 6.04 Å². The Morgan fingerprint density at radius 2 is 1.90 bits per heavy atom. The predicted molar refractivity (Wildman–Crippen MR) is 90.3 cm³/mol. The van der Waals surface area contributed by atoms with Crippen LogP contribution in [0.2, 0.25) is 0 Å². The first-order valence-electron chi connectivity index (χ1n) is 7.44. The Balaban J connectivity index is 2.09. The lowest BCUT2D eigenvalue weighted by Crippen LogP contribution is -2.23. The lowest BCUT2D eigenvalue weighted by atomic mass is 10.1. The monoisotopic (exact) mass is 276 g/mol. The van der Waals surface area contributed by atoms with Gasteiger partial charge in [-0.1, -0.05) is 30.2 Å². The van der Waals surface area contributed by atoms with Crippen molar-refractivity contribution in [2.75, 3.05) is 0 Å². The second-order valence-corrected chi connectivity index (χ2v) is 5.38. The van der Waals surface area contributed by atoms with E-state index in [1.807, 2.05) is 6.92 Å². The topological polar surface area (TPSA) is 17.0 Å². The van der Waals surface area contributed by atoms with Crippen molar-refractivity contribution in [1.29, 1.82) is 0 Å². The van der Waals surface area contributed by atoms with E-state index >= 15 is 0 Å². The lowest BCUT2D eigenvalue weighted by molar-refractivity contribution is 0.648. The smallest absolute Gasteiger partial charge is 0.0660 e. The summed E-state index contributed by atoms with van der Waals surface area (Å²) in [6.45, 7) is 5.97. The molecule has 0 aliphatic carbocycles. The number of nitrogens with zero attached hydrogens (tertiary/aromatic N) is 1. The highest BCUT2D eigenvalue weighted by Gasteiger charge is 2.09. The Kier molecular flexibility index (Phi) is 3.68. The maximum Gasteiger partial charge on any atom is 0.0660 e. The normalized spacial score (nSPS) is 12.6. The third-order valence-corrected chi connectivity index (χ3v) is 4.02. The average molecular weight is 276 g/mol. The zero-order valence-electron chi connectivity index (χ0n) is 12.6. The molecule has 21 heavy (non-hydrogen) atoms. The lowest BCUT2D eigenvalue weighted by Gasteiger charge is -2.08. The van der Waals surface area contributed by atoms with Crippen molar-refractivity contribution in [3.63, 3.8) is 0 Å². The Hall–Kier alpha value is -2.24. The molecule has 1 unspecified atom stereocenters. The van der Waals surface area contributed by atoms with Gasteiger partial charge in [0.25, 0.3) is 0 Å². The van der Waals surface area contributed by atoms with Gasteiger partial charge < -0.3 is 4.57 Å². The van der Waals surface area contributed by atoms with E-state index in [1.54, 1.807) is 0 Å². The van der Waals surface area contributed by atoms with Gasteiger partial charge in [-0.25, -0.2) is 0 Å². The van der Waals surface area contributed by atoms with E-state index in [0.29, 0.717) is 0 Å². The molecule has 0 radical (unpaired) electrons. The quantitative estimate of drug-likeness (QED) is 0.715. The summed E-state index contributed by atoms with van der Waals surface area (Å²) < 4.78 is 2.37. The largest absolute Gasteiger partial charge is 0.341 e. The number of hydrogen-bond acceptors (Lipinski definition) is 1. The SMILES string of the molecule is C#CC(C)NCc1ccc2c(c1)c1ccccc1n2CC. The van der Waals surface area contributed by atoms with E-state index in [1.165, 1.54) is 27.4 Å². The van der Waals surface area contributed by atoms with Gasteiger partial charge >= 0.3 is 0 Å². The minimum atomic E-state index is 0.0951. The standard InChI is InChI=1S/C19H20N2/c1-4-14(3)20-13-15-10-11-19-17(12-15)16-8-6-7-9-18(16)21(19)5-2/h1,6-12,14,20H,5,13H2,2-3H3. The number of benzene rings is 2. The fourth-order valence-electron chi connectivity index (χ4n) is 2.88. The summed E-state index contributed by atoms with van der Waals surface area (Å²) in [5, 5.41) is 5.98. The predicted octanol–water partition coefficient (Wildman–Crippen LogP) is 3.93. The number of aromatic nitrogens is 1. The van der Waals surface area contributed by atoms with Gasteiger partial charge in [-0.05, 0) is 37.6 Å². The first kappa shape index (κ1) is 13.7. The third-order valence-electron chi connectivity index (χ3n) is 4.02. The summed E-state index contributed by atoms with van der Waals surface area (Å²) in [7, 11) is 0. The third kappa shape index (κ3) is 2.41. The highest BCUT2D eigenvalue weighted by molar-refractivity contribution is 6.08. The molecule has 0 spiro atoms. The molecule has 0 saturated carbocycles. The minimum Gasteiger partial charge on any atom is -0.341 e. The first-order chi connectivity index (χ1) is 10.2. The second kappa shape index (κ2) is 5.63. The molecule has 2 heteroatoms. The average Bonchev–Trinajstić information content (AvgIpc) is 2.85. The van der Waals surface area contributed by atoms with Gasteiger partial charge in [-0.3, -0.25) is 5.32 Å². The Bertz CT molecular complexity index is 821. The first-order valence-corrected chi connectivity index (χ1v) is 7.44. The molecule has 0 saturated heterocycles. The van der Waals surface area contributed by atoms with Gasteiger partial charge in [0.2, 0.25) is 0 Å². The molecule has 1 aromatic heterocycles. The minimum absolute atomic E-state index is 0.0951. The van der Waals surface area contributed by atoms with Crippen molar-refractivity contribution in [2.24, 2.45) is 0 Å². The van der Waals surface area contributed by atoms with Crippen LogP contribution in [-0.2, 0) is 13.1 Å². The molecule has 3 rings (SSSR count). The highest BCUT2D eigenvalue weighted by Crippen LogP contribution is 2.29. The van der Waals surface area contributed by atoms with Crippen LogP contribution in [0.1, 0.15) is 19.4 Å². The fourth-order valence-corrected chi connectivity index (χ4v) is 2.88. The number of hydrogen-bond donors (Lipinski definition) is 1. The summed E-state index contributed by atoms with van der Waals surface area (Å²) in [5.74, 6) is 2.70. The number of terminal acetylenes is 1. The van der Waals surface area contributed by atoms with Crippen molar-refractivity contribution in [3.05, 3.63) is 48.0 Å². The van der Waals surface area contributed by atoms with Gasteiger partial charge in [0.1, 0.15) is 0 Å². The molecule has 0 aliphatic heterocycles. The number of rotatable bonds is 4. The van der Waals surface area contributed by atoms with Crippen molar-refractivity contribution in [2.45, 2.75) is 33.0 Å². The van der Waals surface area contributed by atoms with Crippen molar-refractivity contribution < 1.29 is 0 Å². The summed E-state index contributed by atoms with van der Waals surface area (Å²) in [4.78, 5) is 0. The van der Waals surface area contributed by atoms with Crippen LogP contribution in [0.25, 0.3) is 21.8 Å². The number of aryl methyl sites for hydroxylation is 1.